The maximum atomic E-state index is 13.2. The van der Waals surface area contributed by atoms with E-state index in [0.717, 1.165) is 62.2 Å². The van der Waals surface area contributed by atoms with E-state index in [2.05, 4.69) is 15.0 Å². The number of pyridine rings is 1. The van der Waals surface area contributed by atoms with Gasteiger partial charge in [0, 0.05) is 53.9 Å². The second-order valence-corrected chi connectivity index (χ2v) is 9.57. The van der Waals surface area contributed by atoms with Crippen LogP contribution in [0, 0.1) is 11.8 Å². The Bertz CT molecular complexity index is 1030. The minimum absolute atomic E-state index is 0.0889. The number of oxime groups is 1. The quantitative estimate of drug-likeness (QED) is 0.369. The van der Waals surface area contributed by atoms with Gasteiger partial charge >= 0.3 is 0 Å². The van der Waals surface area contributed by atoms with Gasteiger partial charge in [-0.2, -0.15) is 0 Å². The molecule has 2 saturated heterocycles. The van der Waals surface area contributed by atoms with Crippen molar-refractivity contribution in [2.45, 2.75) is 32.2 Å². The number of halogens is 1. The zero-order valence-electron chi connectivity index (χ0n) is 19.6. The highest BCUT2D eigenvalue weighted by molar-refractivity contribution is 6.31. The van der Waals surface area contributed by atoms with Gasteiger partial charge in [0.25, 0.3) is 0 Å². The molecule has 0 aliphatic carbocycles. The van der Waals surface area contributed by atoms with Crippen molar-refractivity contribution in [2.24, 2.45) is 17.0 Å². The Morgan fingerprint density at radius 1 is 1.09 bits per heavy atom. The number of anilines is 2. The van der Waals surface area contributed by atoms with E-state index in [-0.39, 0.29) is 17.7 Å². The molecule has 2 aliphatic rings. The van der Waals surface area contributed by atoms with Crippen molar-refractivity contribution >= 4 is 34.7 Å². The molecule has 4 rings (SSSR count). The number of carbonyl (C=O) groups excluding carboxylic acids is 1. The molecule has 0 saturated carbocycles. The van der Waals surface area contributed by atoms with E-state index < -0.39 is 0 Å². The van der Waals surface area contributed by atoms with E-state index in [9.17, 15) is 4.79 Å². The summed E-state index contributed by atoms with van der Waals surface area (Å²) in [5.41, 5.74) is 15.4. The van der Waals surface area contributed by atoms with Crippen molar-refractivity contribution in [1.82, 2.24) is 14.8 Å². The second-order valence-electron chi connectivity index (χ2n) is 9.13. The molecule has 4 N–H and O–H groups in total. The third kappa shape index (κ3) is 5.80. The summed E-state index contributed by atoms with van der Waals surface area (Å²) in [6.45, 7) is 4.08. The van der Waals surface area contributed by atoms with Gasteiger partial charge in [-0.05, 0) is 74.7 Å². The molecule has 1 aromatic carbocycles. The van der Waals surface area contributed by atoms with Crippen molar-refractivity contribution in [3.8, 4) is 0 Å². The van der Waals surface area contributed by atoms with E-state index in [1.165, 1.54) is 7.11 Å². The van der Waals surface area contributed by atoms with E-state index in [0.29, 0.717) is 29.6 Å². The van der Waals surface area contributed by atoms with Crippen LogP contribution in [0.5, 0.6) is 0 Å². The Morgan fingerprint density at radius 2 is 1.79 bits per heavy atom. The average Bonchev–Trinajstić information content (AvgIpc) is 2.84. The number of likely N-dealkylation sites (tertiary alicyclic amines) is 2. The van der Waals surface area contributed by atoms with E-state index >= 15 is 0 Å². The minimum Gasteiger partial charge on any atom is -0.399 e. The lowest BCUT2D eigenvalue weighted by Crippen LogP contribution is -2.46. The summed E-state index contributed by atoms with van der Waals surface area (Å²) in [7, 11) is 1.54. The monoisotopic (exact) mass is 484 g/mol. The molecule has 2 aliphatic heterocycles. The van der Waals surface area contributed by atoms with Crippen LogP contribution in [0.3, 0.4) is 0 Å². The summed E-state index contributed by atoms with van der Waals surface area (Å²) in [4.78, 5) is 26.8. The summed E-state index contributed by atoms with van der Waals surface area (Å²) >= 11 is 6.20. The third-order valence-electron chi connectivity index (χ3n) is 6.86. The fourth-order valence-electron chi connectivity index (χ4n) is 5.01. The van der Waals surface area contributed by atoms with Crippen LogP contribution < -0.4 is 11.5 Å². The Morgan fingerprint density at radius 3 is 2.47 bits per heavy atom. The Hall–Kier alpha value is -2.84. The van der Waals surface area contributed by atoms with E-state index in [1.54, 1.807) is 18.3 Å². The van der Waals surface area contributed by atoms with Gasteiger partial charge in [-0.3, -0.25) is 9.69 Å². The Balaban J connectivity index is 1.30. The molecule has 1 amide bonds. The lowest BCUT2D eigenvalue weighted by molar-refractivity contribution is -0.138. The van der Waals surface area contributed by atoms with Crippen molar-refractivity contribution in [3.63, 3.8) is 0 Å². The number of amides is 1. The van der Waals surface area contributed by atoms with Crippen LogP contribution in [0.1, 0.15) is 36.8 Å². The van der Waals surface area contributed by atoms with Crippen LogP contribution in [0.25, 0.3) is 0 Å². The zero-order chi connectivity index (χ0) is 24.1. The third-order valence-corrected chi connectivity index (χ3v) is 7.10. The van der Waals surface area contributed by atoms with Gasteiger partial charge in [0.05, 0.1) is 5.71 Å². The topological polar surface area (TPSA) is 110 Å². The van der Waals surface area contributed by atoms with Crippen molar-refractivity contribution in [1.29, 1.82) is 0 Å². The molecule has 0 spiro atoms. The molecular formula is C25H33ClN6O2. The molecule has 0 radical (unpaired) electrons. The first-order valence-electron chi connectivity index (χ1n) is 11.8. The number of hydrogen-bond acceptors (Lipinski definition) is 7. The van der Waals surface area contributed by atoms with Crippen LogP contribution >= 0.6 is 11.6 Å². The zero-order valence-corrected chi connectivity index (χ0v) is 20.4. The molecule has 0 bridgehead atoms. The molecule has 34 heavy (non-hydrogen) atoms. The van der Waals surface area contributed by atoms with Crippen LogP contribution in [0.15, 0.2) is 41.7 Å². The van der Waals surface area contributed by atoms with Crippen LogP contribution in [0.2, 0.25) is 5.02 Å². The van der Waals surface area contributed by atoms with E-state index in [1.807, 2.05) is 23.1 Å². The fraction of sp³-hybridized carbons (Fsp3) is 0.480. The second kappa shape index (κ2) is 11.1. The highest BCUT2D eigenvalue weighted by atomic mass is 35.5. The number of rotatable bonds is 6. The number of piperidine rings is 2. The lowest BCUT2D eigenvalue weighted by atomic mass is 9.86. The molecule has 182 valence electrons. The van der Waals surface area contributed by atoms with Crippen LogP contribution in [0.4, 0.5) is 11.5 Å². The fourth-order valence-corrected chi connectivity index (χ4v) is 5.18. The normalized spacial score (nSPS) is 18.8. The molecule has 3 heterocycles. The first kappa shape index (κ1) is 24.3. The maximum Gasteiger partial charge on any atom is 0.225 e. The van der Waals surface area contributed by atoms with Crippen molar-refractivity contribution in [2.75, 3.05) is 44.8 Å². The Labute approximate surface area is 205 Å². The SMILES string of the molecule is CO/N=C(/c1cc(Cl)ccc1N)C1CCN(C(=O)C2CCN(Cc3ccnc(N)c3)CC2)CC1. The summed E-state index contributed by atoms with van der Waals surface area (Å²) < 4.78 is 0. The number of benzene rings is 1. The number of nitrogens with zero attached hydrogens (tertiary/aromatic N) is 4. The average molecular weight is 485 g/mol. The predicted molar refractivity (Wildman–Crippen MR) is 135 cm³/mol. The van der Waals surface area contributed by atoms with E-state index in [4.69, 9.17) is 27.9 Å². The van der Waals surface area contributed by atoms with Gasteiger partial charge in [0.1, 0.15) is 12.9 Å². The van der Waals surface area contributed by atoms with Crippen molar-refractivity contribution < 1.29 is 9.63 Å². The molecule has 8 nitrogen and oxygen atoms in total. The summed E-state index contributed by atoms with van der Waals surface area (Å²) in [5, 5.41) is 4.90. The number of nitrogens with two attached hydrogens (primary N) is 2. The minimum atomic E-state index is 0.0889. The largest absolute Gasteiger partial charge is 0.399 e. The smallest absolute Gasteiger partial charge is 0.225 e. The van der Waals surface area contributed by atoms with Crippen LogP contribution in [-0.4, -0.2) is 59.7 Å². The predicted octanol–water partition coefficient (Wildman–Crippen LogP) is 3.40. The van der Waals surface area contributed by atoms with Crippen LogP contribution in [-0.2, 0) is 16.2 Å². The highest BCUT2D eigenvalue weighted by Gasteiger charge is 2.33. The van der Waals surface area contributed by atoms with Gasteiger partial charge in [0.2, 0.25) is 5.91 Å². The molecule has 9 heteroatoms. The van der Waals surface area contributed by atoms with Gasteiger partial charge in [-0.15, -0.1) is 0 Å². The maximum absolute atomic E-state index is 13.2. The highest BCUT2D eigenvalue weighted by Crippen LogP contribution is 2.29. The molecule has 2 fully saturated rings. The van der Waals surface area contributed by atoms with Gasteiger partial charge < -0.3 is 21.2 Å². The van der Waals surface area contributed by atoms with Gasteiger partial charge in [-0.1, -0.05) is 16.8 Å². The number of aromatic nitrogens is 1. The lowest BCUT2D eigenvalue weighted by Gasteiger charge is -2.37. The van der Waals surface area contributed by atoms with Gasteiger partial charge in [-0.25, -0.2) is 4.98 Å². The van der Waals surface area contributed by atoms with Crippen molar-refractivity contribution in [3.05, 3.63) is 52.7 Å². The number of carbonyl (C=O) groups is 1. The molecule has 0 atom stereocenters. The summed E-state index contributed by atoms with van der Waals surface area (Å²) in [6, 6.07) is 9.30. The Kier molecular flexibility index (Phi) is 7.90. The standard InChI is InChI=1S/C25H33ClN6O2/c1-34-30-24(21-15-20(26)2-3-22(21)27)18-7-12-32(13-8-18)25(33)19-5-10-31(11-6-19)16-17-4-9-29-23(28)14-17/h2-4,9,14-15,18-19H,5-8,10-13,16,27H2,1H3,(H2,28,29)/b30-24+. The first-order valence-corrected chi connectivity index (χ1v) is 12.2. The molecule has 1 aromatic heterocycles. The first-order chi connectivity index (χ1) is 16.4. The summed E-state index contributed by atoms with van der Waals surface area (Å²) in [5.74, 6) is 1.08. The molecule has 0 unspecified atom stereocenters. The number of hydrogen-bond donors (Lipinski definition) is 2. The van der Waals surface area contributed by atoms with Gasteiger partial charge in [0.15, 0.2) is 0 Å². The molecule has 2 aromatic rings. The summed E-state index contributed by atoms with van der Waals surface area (Å²) in [6.07, 6.45) is 5.15. The number of nitrogen functional groups attached to an aromatic ring is 2. The molecular weight excluding hydrogens is 452 g/mol.